The van der Waals surface area contributed by atoms with Crippen molar-refractivity contribution < 1.29 is 14.7 Å². The molecule has 1 unspecified atom stereocenters. The molecule has 1 aliphatic carbocycles. The van der Waals surface area contributed by atoms with Gasteiger partial charge in [0.05, 0.1) is 5.92 Å². The van der Waals surface area contributed by atoms with Crippen LogP contribution in [0, 0.1) is 5.92 Å². The molecule has 1 atom stereocenters. The second-order valence-corrected chi connectivity index (χ2v) is 6.43. The molecule has 0 bridgehead atoms. The number of unbranched alkanes of at least 4 members (excludes halogenated alkanes) is 2. The van der Waals surface area contributed by atoms with Gasteiger partial charge in [0.2, 0.25) is 11.8 Å². The Labute approximate surface area is 127 Å². The van der Waals surface area contributed by atoms with Gasteiger partial charge in [-0.1, -0.05) is 12.8 Å². The van der Waals surface area contributed by atoms with Crippen molar-refractivity contribution >= 4 is 11.8 Å². The van der Waals surface area contributed by atoms with Crippen molar-refractivity contribution in [2.45, 2.75) is 57.4 Å². The SMILES string of the molecule is CN(CCCCCO)C(=O)C1CC(=O)N(C2CCCC2)C1. The number of hydrogen-bond donors (Lipinski definition) is 1. The van der Waals surface area contributed by atoms with Gasteiger partial charge in [0, 0.05) is 39.2 Å². The molecule has 0 aromatic carbocycles. The monoisotopic (exact) mass is 296 g/mol. The van der Waals surface area contributed by atoms with E-state index in [0.29, 0.717) is 25.6 Å². The van der Waals surface area contributed by atoms with Crippen LogP contribution in [0.15, 0.2) is 0 Å². The number of aliphatic hydroxyl groups is 1. The third-order valence-corrected chi connectivity index (χ3v) is 4.80. The number of rotatable bonds is 7. The summed E-state index contributed by atoms with van der Waals surface area (Å²) >= 11 is 0. The minimum Gasteiger partial charge on any atom is -0.396 e. The first-order chi connectivity index (χ1) is 10.1. The van der Waals surface area contributed by atoms with Crippen molar-refractivity contribution in [2.75, 3.05) is 26.7 Å². The second kappa shape index (κ2) is 7.78. The summed E-state index contributed by atoms with van der Waals surface area (Å²) in [6, 6.07) is 0.380. The Morgan fingerprint density at radius 1 is 1.29 bits per heavy atom. The molecule has 0 radical (unpaired) electrons. The van der Waals surface area contributed by atoms with E-state index in [1.807, 2.05) is 11.9 Å². The van der Waals surface area contributed by atoms with Crippen LogP contribution in [0.4, 0.5) is 0 Å². The smallest absolute Gasteiger partial charge is 0.227 e. The van der Waals surface area contributed by atoms with Gasteiger partial charge in [-0.2, -0.15) is 0 Å². The van der Waals surface area contributed by atoms with Crippen molar-refractivity contribution in [3.8, 4) is 0 Å². The van der Waals surface area contributed by atoms with Gasteiger partial charge >= 0.3 is 0 Å². The molecule has 1 aliphatic heterocycles. The van der Waals surface area contributed by atoms with E-state index in [2.05, 4.69) is 0 Å². The first-order valence-corrected chi connectivity index (χ1v) is 8.28. The van der Waals surface area contributed by atoms with E-state index in [1.165, 1.54) is 12.8 Å². The predicted octanol–water partition coefficient (Wildman–Crippen LogP) is 1.40. The molecule has 2 amide bonds. The van der Waals surface area contributed by atoms with Crippen LogP contribution in [0.25, 0.3) is 0 Å². The Balaban J connectivity index is 1.78. The Morgan fingerprint density at radius 3 is 2.67 bits per heavy atom. The van der Waals surface area contributed by atoms with Crippen molar-refractivity contribution in [1.82, 2.24) is 9.80 Å². The zero-order valence-electron chi connectivity index (χ0n) is 13.1. The fourth-order valence-electron chi connectivity index (χ4n) is 3.53. The topological polar surface area (TPSA) is 60.9 Å². The molecule has 2 aliphatic rings. The van der Waals surface area contributed by atoms with Gasteiger partial charge < -0.3 is 14.9 Å². The maximum Gasteiger partial charge on any atom is 0.227 e. The summed E-state index contributed by atoms with van der Waals surface area (Å²) < 4.78 is 0. The molecule has 1 heterocycles. The van der Waals surface area contributed by atoms with Crippen LogP contribution in [0.1, 0.15) is 51.4 Å². The zero-order chi connectivity index (χ0) is 15.2. The van der Waals surface area contributed by atoms with Gasteiger partial charge in [-0.05, 0) is 32.1 Å². The van der Waals surface area contributed by atoms with Crippen LogP contribution in [0.2, 0.25) is 0 Å². The molecular weight excluding hydrogens is 268 g/mol. The second-order valence-electron chi connectivity index (χ2n) is 6.43. The van der Waals surface area contributed by atoms with Crippen LogP contribution in [0.5, 0.6) is 0 Å². The first-order valence-electron chi connectivity index (χ1n) is 8.28. The summed E-state index contributed by atoms with van der Waals surface area (Å²) in [6.07, 6.45) is 7.64. The number of aliphatic hydroxyl groups excluding tert-OH is 1. The summed E-state index contributed by atoms with van der Waals surface area (Å²) in [7, 11) is 1.82. The van der Waals surface area contributed by atoms with Crippen LogP contribution < -0.4 is 0 Å². The van der Waals surface area contributed by atoms with Crippen LogP contribution in [-0.4, -0.2) is 59.5 Å². The minimum absolute atomic E-state index is 0.104. The summed E-state index contributed by atoms with van der Waals surface area (Å²) in [5.41, 5.74) is 0. The molecule has 1 saturated carbocycles. The van der Waals surface area contributed by atoms with Crippen molar-refractivity contribution in [3.05, 3.63) is 0 Å². The van der Waals surface area contributed by atoms with Crippen molar-refractivity contribution in [1.29, 1.82) is 0 Å². The van der Waals surface area contributed by atoms with E-state index in [9.17, 15) is 9.59 Å². The number of hydrogen-bond acceptors (Lipinski definition) is 3. The molecule has 0 aromatic rings. The Kier molecular flexibility index (Phi) is 6.03. The molecule has 120 valence electrons. The Morgan fingerprint density at radius 2 is 2.00 bits per heavy atom. The number of carbonyl (C=O) groups excluding carboxylic acids is 2. The summed E-state index contributed by atoms with van der Waals surface area (Å²) in [4.78, 5) is 28.2. The fourth-order valence-corrected chi connectivity index (χ4v) is 3.53. The van der Waals surface area contributed by atoms with Gasteiger partial charge in [0.1, 0.15) is 0 Å². The van der Waals surface area contributed by atoms with Gasteiger partial charge in [0.25, 0.3) is 0 Å². The number of carbonyl (C=O) groups is 2. The van der Waals surface area contributed by atoms with E-state index >= 15 is 0 Å². The Hall–Kier alpha value is -1.10. The minimum atomic E-state index is -0.152. The average Bonchev–Trinajstić information content (AvgIpc) is 3.11. The van der Waals surface area contributed by atoms with Gasteiger partial charge in [-0.25, -0.2) is 0 Å². The average molecular weight is 296 g/mol. The van der Waals surface area contributed by atoms with E-state index in [-0.39, 0.29) is 24.3 Å². The maximum atomic E-state index is 12.4. The lowest BCUT2D eigenvalue weighted by atomic mass is 10.1. The molecule has 5 nitrogen and oxygen atoms in total. The zero-order valence-corrected chi connectivity index (χ0v) is 13.1. The largest absolute Gasteiger partial charge is 0.396 e. The lowest BCUT2D eigenvalue weighted by Gasteiger charge is -2.25. The highest BCUT2D eigenvalue weighted by atomic mass is 16.3. The molecule has 2 fully saturated rings. The number of likely N-dealkylation sites (tertiary alicyclic amines) is 1. The molecule has 1 saturated heterocycles. The molecule has 21 heavy (non-hydrogen) atoms. The first kappa shape index (κ1) is 16.3. The third kappa shape index (κ3) is 4.19. The molecule has 0 spiro atoms. The van der Waals surface area contributed by atoms with Gasteiger partial charge in [0.15, 0.2) is 0 Å². The highest BCUT2D eigenvalue weighted by Crippen LogP contribution is 2.30. The maximum absolute atomic E-state index is 12.4. The van der Waals surface area contributed by atoms with Crippen LogP contribution in [-0.2, 0) is 9.59 Å². The molecule has 2 rings (SSSR count). The normalized spacial score (nSPS) is 23.0. The van der Waals surface area contributed by atoms with E-state index in [1.54, 1.807) is 4.90 Å². The van der Waals surface area contributed by atoms with Crippen LogP contribution in [0.3, 0.4) is 0 Å². The van der Waals surface area contributed by atoms with Crippen LogP contribution >= 0.6 is 0 Å². The summed E-state index contributed by atoms with van der Waals surface area (Å²) in [5.74, 6) is 0.114. The van der Waals surface area contributed by atoms with Crippen molar-refractivity contribution in [3.63, 3.8) is 0 Å². The summed E-state index contributed by atoms with van der Waals surface area (Å²) in [5, 5.41) is 8.75. The summed E-state index contributed by atoms with van der Waals surface area (Å²) in [6.45, 7) is 1.54. The predicted molar refractivity (Wildman–Crippen MR) is 80.6 cm³/mol. The fraction of sp³-hybridized carbons (Fsp3) is 0.875. The van der Waals surface area contributed by atoms with E-state index in [0.717, 1.165) is 32.1 Å². The number of nitrogens with zero attached hydrogens (tertiary/aromatic N) is 2. The van der Waals surface area contributed by atoms with Gasteiger partial charge in [-0.15, -0.1) is 0 Å². The van der Waals surface area contributed by atoms with E-state index in [4.69, 9.17) is 5.11 Å². The standard InChI is InChI=1S/C16H28N2O3/c1-17(9-5-2-6-10-19)16(21)13-11-15(20)18(12-13)14-7-3-4-8-14/h13-14,19H,2-12H2,1H3. The highest BCUT2D eigenvalue weighted by Gasteiger charge is 2.39. The third-order valence-electron chi connectivity index (χ3n) is 4.80. The Bertz CT molecular complexity index is 367. The quantitative estimate of drug-likeness (QED) is 0.722. The molecule has 0 aromatic heterocycles. The lowest BCUT2D eigenvalue weighted by molar-refractivity contribution is -0.134. The lowest BCUT2D eigenvalue weighted by Crippen LogP contribution is -2.37. The highest BCUT2D eigenvalue weighted by molar-refractivity contribution is 5.89. The van der Waals surface area contributed by atoms with Gasteiger partial charge in [-0.3, -0.25) is 9.59 Å². The number of amides is 2. The molecule has 1 N–H and O–H groups in total. The molecular formula is C16H28N2O3. The van der Waals surface area contributed by atoms with Crippen molar-refractivity contribution in [2.24, 2.45) is 5.92 Å². The molecule has 5 heteroatoms. The van der Waals surface area contributed by atoms with E-state index < -0.39 is 0 Å².